The summed E-state index contributed by atoms with van der Waals surface area (Å²) in [5, 5.41) is 3.26. The summed E-state index contributed by atoms with van der Waals surface area (Å²) in [6, 6.07) is 4.91. The van der Waals surface area contributed by atoms with Gasteiger partial charge in [0.1, 0.15) is 12.6 Å². The summed E-state index contributed by atoms with van der Waals surface area (Å²) < 4.78 is 34.1. The minimum Gasteiger partial charge on any atom is -0.370 e. The zero-order valence-corrected chi connectivity index (χ0v) is 20.3. The van der Waals surface area contributed by atoms with Gasteiger partial charge in [0.15, 0.2) is 5.78 Å². The molecule has 2 aliphatic rings. The van der Waals surface area contributed by atoms with Gasteiger partial charge in [-0.05, 0) is 55.4 Å². The second-order valence-corrected chi connectivity index (χ2v) is 11.5. The van der Waals surface area contributed by atoms with Crippen molar-refractivity contribution in [2.24, 2.45) is 11.3 Å². The van der Waals surface area contributed by atoms with Gasteiger partial charge in [0.2, 0.25) is 15.9 Å². The summed E-state index contributed by atoms with van der Waals surface area (Å²) >= 11 is 5.88. The molecule has 1 aromatic rings. The van der Waals surface area contributed by atoms with Gasteiger partial charge in [0, 0.05) is 11.6 Å². The van der Waals surface area contributed by atoms with Crippen molar-refractivity contribution in [3.8, 4) is 0 Å². The Kier molecular flexibility index (Phi) is 8.36. The molecule has 1 saturated heterocycles. The van der Waals surface area contributed by atoms with Gasteiger partial charge in [-0.25, -0.2) is 8.42 Å². The molecule has 1 saturated carbocycles. The Balaban J connectivity index is 1.73. The molecule has 1 aliphatic heterocycles. The Morgan fingerprint density at radius 3 is 2.53 bits per heavy atom. The quantitative estimate of drug-likeness (QED) is 0.529. The number of hydrogen-bond donors (Lipinski definition) is 2. The van der Waals surface area contributed by atoms with Crippen LogP contribution in [0, 0.1) is 11.3 Å². The van der Waals surface area contributed by atoms with Crippen molar-refractivity contribution in [2.75, 3.05) is 13.2 Å². The second kappa shape index (κ2) is 10.6. The van der Waals surface area contributed by atoms with Crippen LogP contribution in [0.2, 0.25) is 5.02 Å². The standard InChI is InChI=1S/C23H33ClN2O5S/c1-3-6-21-18(20(27)15-31-21)14-25-22(28)19(13-23(2)11-4-5-12-23)26-32(29,30)17-9-7-16(24)8-10-17/h7-10,18-19,21,26H,3-6,11-15H2,1-2H3,(H,25,28)/t18?,19-,21?/m0/s1. The fraction of sp³-hybridized carbons (Fsp3) is 0.652. The predicted octanol–water partition coefficient (Wildman–Crippen LogP) is 3.46. The largest absolute Gasteiger partial charge is 0.370 e. The van der Waals surface area contributed by atoms with Gasteiger partial charge in [-0.2, -0.15) is 4.72 Å². The molecule has 1 aromatic carbocycles. The Bertz CT molecular complexity index is 913. The molecule has 2 fully saturated rings. The molecule has 1 heterocycles. The van der Waals surface area contributed by atoms with E-state index in [1.54, 1.807) is 0 Å². The number of rotatable bonds is 10. The third kappa shape index (κ3) is 6.31. The summed E-state index contributed by atoms with van der Waals surface area (Å²) in [5.41, 5.74) is -0.110. The molecule has 3 rings (SSSR count). The average Bonchev–Trinajstić information content (AvgIpc) is 3.32. The zero-order valence-electron chi connectivity index (χ0n) is 18.7. The molecule has 32 heavy (non-hydrogen) atoms. The van der Waals surface area contributed by atoms with Crippen molar-refractivity contribution in [3.63, 3.8) is 0 Å². The van der Waals surface area contributed by atoms with E-state index >= 15 is 0 Å². The van der Waals surface area contributed by atoms with Crippen LogP contribution in [-0.4, -0.2) is 45.4 Å². The van der Waals surface area contributed by atoms with Crippen LogP contribution < -0.4 is 10.0 Å². The first-order valence-corrected chi connectivity index (χ1v) is 13.2. The Morgan fingerprint density at radius 1 is 1.25 bits per heavy atom. The number of hydrogen-bond acceptors (Lipinski definition) is 5. The van der Waals surface area contributed by atoms with Crippen molar-refractivity contribution in [1.29, 1.82) is 0 Å². The van der Waals surface area contributed by atoms with Gasteiger partial charge in [-0.15, -0.1) is 0 Å². The average molecular weight is 485 g/mol. The number of carbonyl (C=O) groups excluding carboxylic acids is 2. The highest BCUT2D eigenvalue weighted by atomic mass is 35.5. The summed E-state index contributed by atoms with van der Waals surface area (Å²) in [6.45, 7) is 4.34. The topological polar surface area (TPSA) is 102 Å². The van der Waals surface area contributed by atoms with Gasteiger partial charge in [0.25, 0.3) is 0 Å². The zero-order chi connectivity index (χ0) is 23.4. The molecule has 9 heteroatoms. The molecule has 0 radical (unpaired) electrons. The first-order valence-electron chi connectivity index (χ1n) is 11.3. The maximum atomic E-state index is 13.2. The van der Waals surface area contributed by atoms with Gasteiger partial charge < -0.3 is 10.1 Å². The van der Waals surface area contributed by atoms with E-state index in [4.69, 9.17) is 16.3 Å². The van der Waals surface area contributed by atoms with Crippen molar-refractivity contribution >= 4 is 33.3 Å². The first-order chi connectivity index (χ1) is 15.1. The van der Waals surface area contributed by atoms with Gasteiger partial charge >= 0.3 is 0 Å². The van der Waals surface area contributed by atoms with E-state index in [1.807, 2.05) is 6.92 Å². The van der Waals surface area contributed by atoms with Crippen molar-refractivity contribution < 1.29 is 22.7 Å². The Morgan fingerprint density at radius 2 is 1.91 bits per heavy atom. The summed E-state index contributed by atoms with van der Waals surface area (Å²) in [6.07, 6.45) is 5.87. The Labute approximate surface area is 195 Å². The number of ketones is 1. The van der Waals surface area contributed by atoms with E-state index in [9.17, 15) is 18.0 Å². The van der Waals surface area contributed by atoms with Gasteiger partial charge in [-0.1, -0.05) is 44.7 Å². The minimum atomic E-state index is -3.92. The lowest BCUT2D eigenvalue weighted by atomic mass is 9.82. The van der Waals surface area contributed by atoms with Crippen LogP contribution in [0.15, 0.2) is 29.2 Å². The summed E-state index contributed by atoms with van der Waals surface area (Å²) in [5.74, 6) is -0.829. The van der Waals surface area contributed by atoms with Crippen LogP contribution in [0.25, 0.3) is 0 Å². The van der Waals surface area contributed by atoms with Gasteiger partial charge in [-0.3, -0.25) is 9.59 Å². The van der Waals surface area contributed by atoms with Crippen molar-refractivity contribution in [2.45, 2.75) is 75.8 Å². The fourth-order valence-corrected chi connectivity index (χ4v) is 6.07. The molecule has 178 valence electrons. The third-order valence-electron chi connectivity index (χ3n) is 6.62. The lowest BCUT2D eigenvalue weighted by Gasteiger charge is -2.29. The van der Waals surface area contributed by atoms with Crippen LogP contribution >= 0.6 is 11.6 Å². The number of benzene rings is 1. The molecule has 2 unspecified atom stereocenters. The first kappa shape index (κ1) is 25.1. The van der Waals surface area contributed by atoms with Gasteiger partial charge in [0.05, 0.1) is 16.9 Å². The van der Waals surface area contributed by atoms with Crippen LogP contribution in [0.1, 0.15) is 58.8 Å². The van der Waals surface area contributed by atoms with Crippen molar-refractivity contribution in [1.82, 2.24) is 10.0 Å². The molecule has 1 amide bonds. The monoisotopic (exact) mass is 484 g/mol. The van der Waals surface area contributed by atoms with E-state index in [1.165, 1.54) is 24.3 Å². The number of sulfonamides is 1. The van der Waals surface area contributed by atoms with Crippen LogP contribution in [0.5, 0.6) is 0 Å². The summed E-state index contributed by atoms with van der Waals surface area (Å²) in [7, 11) is -3.92. The normalized spacial score (nSPS) is 23.9. The molecule has 0 bridgehead atoms. The molecule has 0 aromatic heterocycles. The molecule has 3 atom stereocenters. The second-order valence-electron chi connectivity index (χ2n) is 9.31. The lowest BCUT2D eigenvalue weighted by molar-refractivity contribution is -0.124. The highest BCUT2D eigenvalue weighted by Gasteiger charge is 2.38. The van der Waals surface area contributed by atoms with E-state index in [0.717, 1.165) is 38.5 Å². The SMILES string of the molecule is CCCC1OCC(=O)C1CNC(=O)[C@H](CC1(C)CCCC1)NS(=O)(=O)c1ccc(Cl)cc1. The molecule has 2 N–H and O–H groups in total. The predicted molar refractivity (Wildman–Crippen MR) is 123 cm³/mol. The van der Waals surface area contributed by atoms with Crippen LogP contribution in [0.3, 0.4) is 0 Å². The maximum absolute atomic E-state index is 13.2. The molecule has 1 aliphatic carbocycles. The summed E-state index contributed by atoms with van der Waals surface area (Å²) in [4.78, 5) is 25.4. The molecule has 7 nitrogen and oxygen atoms in total. The molecule has 0 spiro atoms. The smallest absolute Gasteiger partial charge is 0.241 e. The Hall–Kier alpha value is -1.48. The third-order valence-corrected chi connectivity index (χ3v) is 8.36. The van der Waals surface area contributed by atoms with Crippen LogP contribution in [-0.2, 0) is 24.3 Å². The minimum absolute atomic E-state index is 0.0233. The van der Waals surface area contributed by atoms with E-state index in [0.29, 0.717) is 11.4 Å². The number of ether oxygens (including phenoxy) is 1. The van der Waals surface area contributed by atoms with Crippen LogP contribution in [0.4, 0.5) is 0 Å². The van der Waals surface area contributed by atoms with E-state index < -0.39 is 27.9 Å². The molecular weight excluding hydrogens is 452 g/mol. The highest BCUT2D eigenvalue weighted by Crippen LogP contribution is 2.41. The van der Waals surface area contributed by atoms with Crippen molar-refractivity contribution in [3.05, 3.63) is 29.3 Å². The molecular formula is C23H33ClN2O5S. The number of halogens is 1. The number of nitrogens with one attached hydrogen (secondary N) is 2. The maximum Gasteiger partial charge on any atom is 0.241 e. The van der Waals surface area contributed by atoms with E-state index in [-0.39, 0.29) is 35.3 Å². The number of Topliss-reactive ketones (excluding diaryl/α,β-unsaturated/α-hetero) is 1. The number of carbonyl (C=O) groups is 2. The van der Waals surface area contributed by atoms with E-state index in [2.05, 4.69) is 17.0 Å². The number of amides is 1. The fourth-order valence-electron chi connectivity index (χ4n) is 4.75. The highest BCUT2D eigenvalue weighted by molar-refractivity contribution is 7.89. The lowest BCUT2D eigenvalue weighted by Crippen LogP contribution is -2.50.